The van der Waals surface area contributed by atoms with Gasteiger partial charge in [0.05, 0.1) is 31.7 Å². The Morgan fingerprint density at radius 2 is 1.88 bits per heavy atom. The Bertz CT molecular complexity index is 745. The van der Waals surface area contributed by atoms with Gasteiger partial charge in [-0.2, -0.15) is 0 Å². The molecule has 0 saturated carbocycles. The van der Waals surface area contributed by atoms with Crippen LogP contribution < -0.4 is 10.2 Å². The predicted octanol–water partition coefficient (Wildman–Crippen LogP) is 2.32. The number of fused-ring (bicyclic) bond motifs is 1. The molecule has 2 aromatic carbocycles. The lowest BCUT2D eigenvalue weighted by atomic mass is 10.0. The number of carbonyl (C=O) groups is 1. The van der Waals surface area contributed by atoms with Gasteiger partial charge in [0, 0.05) is 5.69 Å². The number of carbonyl (C=O) groups excluding carboxylic acids is 1. The number of para-hydroxylation sites is 1. The van der Waals surface area contributed by atoms with Crippen LogP contribution in [0.2, 0.25) is 0 Å². The number of hydrogen-bond donors (Lipinski definition) is 2. The van der Waals surface area contributed by atoms with Crippen LogP contribution in [-0.2, 0) is 0 Å². The summed E-state index contributed by atoms with van der Waals surface area (Å²) in [5.74, 6) is -0.296. The first-order valence-corrected chi connectivity index (χ1v) is 8.89. The van der Waals surface area contributed by atoms with Crippen molar-refractivity contribution in [2.24, 2.45) is 0 Å². The van der Waals surface area contributed by atoms with Crippen LogP contribution in [0.4, 0.5) is 10.1 Å². The number of rotatable bonds is 6. The summed E-state index contributed by atoms with van der Waals surface area (Å²) in [5.41, 5.74) is 2.23. The van der Waals surface area contributed by atoms with E-state index < -0.39 is 0 Å². The number of nitrogens with zero attached hydrogens (tertiary/aromatic N) is 1. The van der Waals surface area contributed by atoms with Crippen LogP contribution in [0.1, 0.15) is 35.9 Å². The van der Waals surface area contributed by atoms with Crippen LogP contribution >= 0.6 is 0 Å². The van der Waals surface area contributed by atoms with Crippen molar-refractivity contribution in [2.45, 2.75) is 20.0 Å². The molecular weight excluding hydrogens is 317 g/mol. The van der Waals surface area contributed by atoms with E-state index in [2.05, 4.69) is 19.2 Å². The van der Waals surface area contributed by atoms with E-state index in [9.17, 15) is 9.18 Å². The number of likely N-dealkylation sites (N-methyl/N-ethyl adjacent to an activating group) is 1. The van der Waals surface area contributed by atoms with Crippen molar-refractivity contribution in [3.8, 4) is 0 Å². The normalized spacial score (nSPS) is 16.7. The molecule has 5 heteroatoms. The van der Waals surface area contributed by atoms with Crippen LogP contribution in [0, 0.1) is 5.82 Å². The second kappa shape index (κ2) is 7.66. The number of benzene rings is 2. The predicted molar refractivity (Wildman–Crippen MR) is 97.2 cm³/mol. The summed E-state index contributed by atoms with van der Waals surface area (Å²) in [6.07, 6.45) is -0.354. The zero-order valence-corrected chi connectivity index (χ0v) is 14.8. The zero-order valence-electron chi connectivity index (χ0n) is 14.8. The molecule has 1 aliphatic heterocycles. The Hall–Kier alpha value is -2.40. The van der Waals surface area contributed by atoms with E-state index in [0.717, 1.165) is 30.9 Å². The maximum absolute atomic E-state index is 13.7. The number of hydrogen-bond acceptors (Lipinski definition) is 2. The average Bonchev–Trinajstić information content (AvgIpc) is 2.64. The fourth-order valence-electron chi connectivity index (χ4n) is 3.35. The van der Waals surface area contributed by atoms with Gasteiger partial charge >= 0.3 is 0 Å². The van der Waals surface area contributed by atoms with E-state index in [1.54, 1.807) is 6.07 Å². The molecule has 2 aromatic rings. The Morgan fingerprint density at radius 1 is 1.12 bits per heavy atom. The highest BCUT2D eigenvalue weighted by molar-refractivity contribution is 6.01. The molecule has 0 aromatic heterocycles. The summed E-state index contributed by atoms with van der Waals surface area (Å²) in [4.78, 5) is 16.3. The summed E-state index contributed by atoms with van der Waals surface area (Å²) >= 11 is 0. The van der Waals surface area contributed by atoms with E-state index in [-0.39, 0.29) is 17.9 Å². The smallest absolute Gasteiger partial charge is 0.258 e. The second-order valence-electron chi connectivity index (χ2n) is 6.35. The summed E-state index contributed by atoms with van der Waals surface area (Å²) in [5, 5.41) is 3.41. The molecule has 0 radical (unpaired) electrons. The number of nitrogens with one attached hydrogen (secondary N) is 2. The van der Waals surface area contributed by atoms with E-state index in [4.69, 9.17) is 0 Å². The van der Waals surface area contributed by atoms with Gasteiger partial charge in [-0.05, 0) is 43.7 Å². The summed E-state index contributed by atoms with van der Waals surface area (Å²) in [6.45, 7) is 7.83. The van der Waals surface area contributed by atoms with Crippen molar-refractivity contribution in [1.82, 2.24) is 4.90 Å². The second-order valence-corrected chi connectivity index (χ2v) is 6.35. The van der Waals surface area contributed by atoms with Crippen LogP contribution in [-0.4, -0.2) is 37.0 Å². The quantitative estimate of drug-likeness (QED) is 0.845. The first-order valence-electron chi connectivity index (χ1n) is 8.89. The lowest BCUT2D eigenvalue weighted by Gasteiger charge is -2.38. The van der Waals surface area contributed by atoms with Crippen molar-refractivity contribution in [2.75, 3.05) is 31.5 Å². The molecule has 4 nitrogen and oxygen atoms in total. The van der Waals surface area contributed by atoms with Crippen molar-refractivity contribution in [3.05, 3.63) is 65.5 Å². The molecule has 1 heterocycles. The Balaban J connectivity index is 1.93. The van der Waals surface area contributed by atoms with E-state index in [1.807, 2.05) is 35.2 Å². The van der Waals surface area contributed by atoms with Crippen molar-refractivity contribution in [3.63, 3.8) is 0 Å². The van der Waals surface area contributed by atoms with E-state index in [1.165, 1.54) is 17.0 Å². The Kier molecular flexibility index (Phi) is 5.34. The van der Waals surface area contributed by atoms with Gasteiger partial charge < -0.3 is 15.1 Å². The van der Waals surface area contributed by atoms with Crippen LogP contribution in [0.15, 0.2) is 48.5 Å². The largest absolute Gasteiger partial charge is 0.361 e. The van der Waals surface area contributed by atoms with Crippen LogP contribution in [0.5, 0.6) is 0 Å². The highest BCUT2D eigenvalue weighted by Crippen LogP contribution is 2.32. The molecule has 3 rings (SSSR count). The third-order valence-corrected chi connectivity index (χ3v) is 4.89. The van der Waals surface area contributed by atoms with Crippen LogP contribution in [0.3, 0.4) is 0 Å². The molecule has 1 atom stereocenters. The maximum atomic E-state index is 13.7. The molecular formula is C20H25FN3O+. The molecule has 0 spiro atoms. The third kappa shape index (κ3) is 3.66. The Labute approximate surface area is 148 Å². The molecule has 1 aliphatic rings. The minimum atomic E-state index is -0.354. The number of amides is 1. The van der Waals surface area contributed by atoms with Crippen molar-refractivity contribution in [1.29, 1.82) is 0 Å². The van der Waals surface area contributed by atoms with Gasteiger partial charge in [-0.3, -0.25) is 4.79 Å². The van der Waals surface area contributed by atoms with Crippen molar-refractivity contribution < 1.29 is 14.1 Å². The van der Waals surface area contributed by atoms with Gasteiger partial charge in [0.25, 0.3) is 5.91 Å². The highest BCUT2D eigenvalue weighted by atomic mass is 19.1. The van der Waals surface area contributed by atoms with Gasteiger partial charge in [-0.15, -0.1) is 0 Å². The molecule has 0 aliphatic carbocycles. The van der Waals surface area contributed by atoms with Gasteiger partial charge in [-0.1, -0.05) is 24.3 Å². The molecule has 1 amide bonds. The minimum absolute atomic E-state index is 0.00447. The first kappa shape index (κ1) is 17.4. The maximum Gasteiger partial charge on any atom is 0.258 e. The van der Waals surface area contributed by atoms with Gasteiger partial charge in [0.2, 0.25) is 0 Å². The number of halogens is 1. The Morgan fingerprint density at radius 3 is 2.60 bits per heavy atom. The molecule has 0 saturated heterocycles. The van der Waals surface area contributed by atoms with Gasteiger partial charge in [0.1, 0.15) is 12.0 Å². The lowest BCUT2D eigenvalue weighted by molar-refractivity contribution is -0.895. The summed E-state index contributed by atoms with van der Waals surface area (Å²) in [7, 11) is 0. The van der Waals surface area contributed by atoms with Gasteiger partial charge in [0.15, 0.2) is 0 Å². The molecule has 0 bridgehead atoms. The van der Waals surface area contributed by atoms with Crippen molar-refractivity contribution >= 4 is 11.6 Å². The minimum Gasteiger partial charge on any atom is -0.361 e. The van der Waals surface area contributed by atoms with E-state index in [0.29, 0.717) is 12.1 Å². The SMILES string of the molecule is CC[NH+](CC)CCN1C(=O)c2ccccc2N[C@@H]1c1cccc(F)c1. The summed E-state index contributed by atoms with van der Waals surface area (Å²) < 4.78 is 13.7. The summed E-state index contributed by atoms with van der Waals surface area (Å²) in [6, 6.07) is 14.0. The first-order chi connectivity index (χ1) is 12.1. The average molecular weight is 342 g/mol. The monoisotopic (exact) mass is 342 g/mol. The zero-order chi connectivity index (χ0) is 17.8. The fourth-order valence-corrected chi connectivity index (χ4v) is 3.35. The standard InChI is InChI=1S/C20H24FN3O/c1-3-23(4-2)12-13-24-19(15-8-7-9-16(21)14-15)22-18-11-6-5-10-17(18)20(24)25/h5-11,14,19,22H,3-4,12-13H2,1-2H3/p+1/t19-/m0/s1. The highest BCUT2D eigenvalue weighted by Gasteiger charge is 2.33. The molecule has 132 valence electrons. The molecule has 0 fully saturated rings. The molecule has 2 N–H and O–H groups in total. The fraction of sp³-hybridized carbons (Fsp3) is 0.350. The molecule has 25 heavy (non-hydrogen) atoms. The van der Waals surface area contributed by atoms with Crippen LogP contribution in [0.25, 0.3) is 0 Å². The topological polar surface area (TPSA) is 36.8 Å². The number of quaternary nitrogens is 1. The third-order valence-electron chi connectivity index (χ3n) is 4.89. The molecule has 0 unspecified atom stereocenters. The van der Waals surface area contributed by atoms with Gasteiger partial charge in [-0.25, -0.2) is 4.39 Å². The lowest BCUT2D eigenvalue weighted by Crippen LogP contribution is -3.12. The number of anilines is 1. The van der Waals surface area contributed by atoms with E-state index >= 15 is 0 Å².